The first-order valence-corrected chi connectivity index (χ1v) is 12.2. The van der Waals surface area contributed by atoms with Crippen LogP contribution in [0.5, 0.6) is 0 Å². The third-order valence-corrected chi connectivity index (χ3v) is 7.14. The topological polar surface area (TPSA) is 72.5 Å². The summed E-state index contributed by atoms with van der Waals surface area (Å²) in [6, 6.07) is 15.6. The van der Waals surface area contributed by atoms with Crippen molar-refractivity contribution in [3.8, 4) is 0 Å². The summed E-state index contributed by atoms with van der Waals surface area (Å²) in [4.78, 5) is 38.7. The van der Waals surface area contributed by atoms with Gasteiger partial charge in [0.15, 0.2) is 12.3 Å². The summed E-state index contributed by atoms with van der Waals surface area (Å²) in [7, 11) is 1.33. The molecule has 0 aliphatic carbocycles. The summed E-state index contributed by atoms with van der Waals surface area (Å²) in [6.07, 6.45) is 2.80. The van der Waals surface area contributed by atoms with Crippen LogP contribution in [0, 0.1) is 12.8 Å². The van der Waals surface area contributed by atoms with Gasteiger partial charge in [-0.3, -0.25) is 9.59 Å². The van der Waals surface area contributed by atoms with E-state index in [0.717, 1.165) is 37.9 Å². The quantitative estimate of drug-likeness (QED) is 0.429. The Kier molecular flexibility index (Phi) is 8.61. The van der Waals surface area contributed by atoms with Gasteiger partial charge in [-0.25, -0.2) is 4.79 Å². The number of amides is 1. The first-order valence-electron chi connectivity index (χ1n) is 12.2. The fourth-order valence-corrected chi connectivity index (χ4v) is 4.97. The molecule has 0 spiro atoms. The first kappa shape index (κ1) is 25.6. The molecule has 0 saturated carbocycles. The van der Waals surface area contributed by atoms with E-state index in [0.29, 0.717) is 28.2 Å². The van der Waals surface area contributed by atoms with E-state index in [4.69, 9.17) is 4.74 Å². The van der Waals surface area contributed by atoms with E-state index in [1.807, 2.05) is 45.0 Å². The Morgan fingerprint density at radius 3 is 2.50 bits per heavy atom. The lowest BCUT2D eigenvalue weighted by molar-refractivity contribution is -0.919. The number of aryl methyl sites for hydroxylation is 1. The van der Waals surface area contributed by atoms with Crippen LogP contribution < -0.4 is 5.32 Å². The Morgan fingerprint density at radius 1 is 1.09 bits per heavy atom. The Hall–Kier alpha value is -2.99. The second-order valence-corrected chi connectivity index (χ2v) is 9.63. The van der Waals surface area contributed by atoms with E-state index >= 15 is 0 Å². The lowest BCUT2D eigenvalue weighted by Gasteiger charge is -2.44. The average Bonchev–Trinajstić information content (AvgIpc) is 2.84. The highest BCUT2D eigenvalue weighted by Crippen LogP contribution is 2.32. The highest BCUT2D eigenvalue weighted by molar-refractivity contribution is 6.02. The maximum atomic E-state index is 13.4. The van der Waals surface area contributed by atoms with Gasteiger partial charge in [-0.05, 0) is 43.4 Å². The maximum absolute atomic E-state index is 13.4. The number of carbonyl (C=O) groups excluding carboxylic acids is 3. The number of piperidine rings is 1. The number of hydrogen-bond acceptors (Lipinski definition) is 4. The van der Waals surface area contributed by atoms with Gasteiger partial charge in [0.2, 0.25) is 0 Å². The monoisotopic (exact) mass is 465 g/mol. The van der Waals surface area contributed by atoms with Crippen molar-refractivity contribution in [2.45, 2.75) is 46.0 Å². The number of hydrogen-bond donors (Lipinski definition) is 1. The predicted molar refractivity (Wildman–Crippen MR) is 134 cm³/mol. The van der Waals surface area contributed by atoms with Crippen molar-refractivity contribution in [1.29, 1.82) is 0 Å². The van der Waals surface area contributed by atoms with Crippen molar-refractivity contribution in [3.05, 3.63) is 65.2 Å². The molecule has 3 atom stereocenters. The summed E-state index contributed by atoms with van der Waals surface area (Å²) >= 11 is 0. The fraction of sp³-hybridized carbons (Fsp3) is 0.464. The van der Waals surface area contributed by atoms with Gasteiger partial charge < -0.3 is 14.5 Å². The number of nitrogens with zero attached hydrogens (tertiary/aromatic N) is 1. The molecule has 1 fully saturated rings. The van der Waals surface area contributed by atoms with Crippen LogP contribution in [0.15, 0.2) is 48.5 Å². The molecule has 2 aromatic rings. The van der Waals surface area contributed by atoms with Crippen LogP contribution in [0.1, 0.15) is 60.5 Å². The Morgan fingerprint density at radius 2 is 1.82 bits per heavy atom. The number of quaternary nitrogens is 1. The van der Waals surface area contributed by atoms with E-state index in [-0.39, 0.29) is 24.2 Å². The zero-order valence-corrected chi connectivity index (χ0v) is 20.8. The fourth-order valence-electron chi connectivity index (χ4n) is 4.97. The summed E-state index contributed by atoms with van der Waals surface area (Å²) in [6.45, 7) is 7.92. The smallest absolute Gasteiger partial charge is 0.339 e. The molecule has 1 N–H and O–H groups in total. The molecule has 182 valence electrons. The number of ketones is 1. The number of nitrogens with one attached hydrogen (secondary N) is 1. The molecule has 0 bridgehead atoms. The number of Topliss-reactive ketones (excluding diaryl/α,β-unsaturated/α-hetero) is 1. The molecule has 6 heteroatoms. The van der Waals surface area contributed by atoms with Crippen LogP contribution in [0.3, 0.4) is 0 Å². The molecular weight excluding hydrogens is 428 g/mol. The van der Waals surface area contributed by atoms with Crippen molar-refractivity contribution in [2.75, 3.05) is 38.6 Å². The molecule has 1 saturated heterocycles. The number of para-hydroxylation sites is 1. The number of methoxy groups -OCH3 is 1. The van der Waals surface area contributed by atoms with Crippen LogP contribution in [0.4, 0.5) is 5.69 Å². The Bertz CT molecular complexity index is 1020. The van der Waals surface area contributed by atoms with Crippen LogP contribution >= 0.6 is 0 Å². The minimum atomic E-state index is -0.489. The second-order valence-electron chi connectivity index (χ2n) is 9.63. The van der Waals surface area contributed by atoms with E-state index < -0.39 is 5.97 Å². The summed E-state index contributed by atoms with van der Waals surface area (Å²) in [5.41, 5.74) is 2.86. The lowest BCUT2D eigenvalue weighted by atomic mass is 9.88. The van der Waals surface area contributed by atoms with Gasteiger partial charge in [0.25, 0.3) is 5.91 Å². The minimum absolute atomic E-state index is 0.0301. The van der Waals surface area contributed by atoms with Gasteiger partial charge in [0, 0.05) is 11.8 Å². The molecular formula is C28H37N2O4+. The Balaban J connectivity index is 1.87. The second kappa shape index (κ2) is 11.4. The first-order chi connectivity index (χ1) is 16.3. The highest BCUT2D eigenvalue weighted by atomic mass is 16.5. The van der Waals surface area contributed by atoms with Crippen molar-refractivity contribution in [2.24, 2.45) is 5.92 Å². The number of benzene rings is 2. The summed E-state index contributed by atoms with van der Waals surface area (Å²) in [5.74, 6) is -0.203. The predicted octanol–water partition coefficient (Wildman–Crippen LogP) is 4.73. The van der Waals surface area contributed by atoms with Gasteiger partial charge in [0.05, 0.1) is 31.5 Å². The number of ether oxygens (including phenoxy) is 1. The molecule has 6 nitrogen and oxygen atoms in total. The average molecular weight is 466 g/mol. The number of rotatable bonds is 9. The largest absolute Gasteiger partial charge is 0.465 e. The van der Waals surface area contributed by atoms with Gasteiger partial charge in [-0.2, -0.15) is 0 Å². The number of anilines is 1. The van der Waals surface area contributed by atoms with Gasteiger partial charge in [-0.15, -0.1) is 0 Å². The molecule has 0 aromatic heterocycles. The Labute approximate surface area is 202 Å². The summed E-state index contributed by atoms with van der Waals surface area (Å²) in [5, 5.41) is 2.97. The maximum Gasteiger partial charge on any atom is 0.339 e. The van der Waals surface area contributed by atoms with E-state index in [2.05, 4.69) is 17.4 Å². The SMILES string of the molecule is CCC(C)C(=O)C[N+]1(CC(=O)Nc2c(C)cccc2C(=O)OC)CCCC(c2ccccc2)C1. The standard InChI is InChI=1S/C28H36N2O4/c1-5-20(2)25(31)18-30(16-10-14-23(17-30)22-12-7-6-8-13-22)19-26(32)29-27-21(3)11-9-15-24(27)28(33)34-4/h6-9,11-13,15,20,23H,5,10,14,16-19H2,1-4H3/p+1. The number of likely N-dealkylation sites (tertiary alicyclic amines) is 1. The molecule has 1 heterocycles. The van der Waals surface area contributed by atoms with Crippen molar-refractivity contribution in [3.63, 3.8) is 0 Å². The number of carbonyl (C=O) groups is 3. The molecule has 1 amide bonds. The van der Waals surface area contributed by atoms with Crippen molar-refractivity contribution >= 4 is 23.3 Å². The van der Waals surface area contributed by atoms with Crippen LogP contribution in [-0.4, -0.2) is 55.4 Å². The highest BCUT2D eigenvalue weighted by Gasteiger charge is 2.40. The van der Waals surface area contributed by atoms with Gasteiger partial charge >= 0.3 is 5.97 Å². The zero-order chi connectivity index (χ0) is 24.7. The molecule has 1 aliphatic heterocycles. The minimum Gasteiger partial charge on any atom is -0.465 e. The van der Waals surface area contributed by atoms with Gasteiger partial charge in [0.1, 0.15) is 6.54 Å². The van der Waals surface area contributed by atoms with E-state index in [1.165, 1.54) is 12.7 Å². The van der Waals surface area contributed by atoms with Crippen molar-refractivity contribution < 1.29 is 23.6 Å². The third kappa shape index (κ3) is 6.11. The number of esters is 1. The molecule has 3 unspecified atom stereocenters. The van der Waals surface area contributed by atoms with Crippen LogP contribution in [0.2, 0.25) is 0 Å². The van der Waals surface area contributed by atoms with E-state index in [9.17, 15) is 14.4 Å². The molecule has 3 rings (SSSR count). The van der Waals surface area contributed by atoms with E-state index in [1.54, 1.807) is 12.1 Å². The zero-order valence-electron chi connectivity index (χ0n) is 20.8. The third-order valence-electron chi connectivity index (χ3n) is 7.14. The normalized spacial score (nSPS) is 20.9. The van der Waals surface area contributed by atoms with Crippen molar-refractivity contribution in [1.82, 2.24) is 0 Å². The van der Waals surface area contributed by atoms with Gasteiger partial charge in [-0.1, -0.05) is 56.3 Å². The van der Waals surface area contributed by atoms with Crippen LogP contribution in [-0.2, 0) is 14.3 Å². The molecule has 34 heavy (non-hydrogen) atoms. The molecule has 1 aliphatic rings. The van der Waals surface area contributed by atoms with Crippen LogP contribution in [0.25, 0.3) is 0 Å². The molecule has 2 aromatic carbocycles. The lowest BCUT2D eigenvalue weighted by Crippen LogP contribution is -2.59. The molecule has 0 radical (unpaired) electrons. The summed E-state index contributed by atoms with van der Waals surface area (Å²) < 4.78 is 5.34.